The fraction of sp³-hybridized carbons (Fsp3) is 0.889. The predicted molar refractivity (Wildman–Crippen MR) is 94.9 cm³/mol. The van der Waals surface area contributed by atoms with Gasteiger partial charge in [0.05, 0.1) is 6.10 Å². The van der Waals surface area contributed by atoms with Gasteiger partial charge in [-0.25, -0.2) is 4.99 Å². The van der Waals surface area contributed by atoms with E-state index in [1.165, 1.54) is 25.7 Å². The number of carbonyl (C=O) groups excluding carboxylic acids is 1. The molecule has 1 heterocycles. The Morgan fingerprint density at radius 1 is 1.33 bits per heavy atom. The van der Waals surface area contributed by atoms with Crippen molar-refractivity contribution in [3.8, 4) is 0 Å². The summed E-state index contributed by atoms with van der Waals surface area (Å²) < 4.78 is 6.05. The summed E-state index contributed by atoms with van der Waals surface area (Å²) in [7, 11) is 3.53. The largest absolute Gasteiger partial charge is 0.377 e. The predicted octanol–water partition coefficient (Wildman–Crippen LogP) is 1.37. The van der Waals surface area contributed by atoms with Gasteiger partial charge in [0, 0.05) is 44.1 Å². The van der Waals surface area contributed by atoms with Crippen LogP contribution in [0.25, 0.3) is 0 Å². The van der Waals surface area contributed by atoms with E-state index in [0.29, 0.717) is 18.1 Å². The quantitative estimate of drug-likeness (QED) is 0.601. The van der Waals surface area contributed by atoms with Crippen molar-refractivity contribution < 1.29 is 9.53 Å². The first-order chi connectivity index (χ1) is 11.4. The van der Waals surface area contributed by atoms with E-state index in [4.69, 9.17) is 4.74 Å². The maximum absolute atomic E-state index is 11.9. The fourth-order valence-corrected chi connectivity index (χ4v) is 4.75. The number of likely N-dealkylation sites (N-methyl/N-ethyl adjacent to an activating group) is 1. The first kappa shape index (κ1) is 17.5. The Kier molecular flexibility index (Phi) is 5.04. The van der Waals surface area contributed by atoms with E-state index in [0.717, 1.165) is 19.0 Å². The second kappa shape index (κ2) is 6.90. The second-order valence-electron chi connectivity index (χ2n) is 8.06. The van der Waals surface area contributed by atoms with Crippen LogP contribution in [0.5, 0.6) is 0 Å². The Balaban J connectivity index is 1.71. The molecule has 1 spiro atoms. The number of hydrogen-bond donors (Lipinski definition) is 2. The van der Waals surface area contributed by atoms with Crippen molar-refractivity contribution in [2.75, 3.05) is 27.2 Å². The van der Waals surface area contributed by atoms with Gasteiger partial charge in [0.15, 0.2) is 5.96 Å². The molecule has 2 aliphatic carbocycles. The van der Waals surface area contributed by atoms with Crippen LogP contribution in [0.2, 0.25) is 0 Å². The summed E-state index contributed by atoms with van der Waals surface area (Å²) in [4.78, 5) is 18.0. The first-order valence-electron chi connectivity index (χ1n) is 9.33. The lowest BCUT2D eigenvalue weighted by molar-refractivity contribution is -0.127. The number of carbonyl (C=O) groups is 1. The summed E-state index contributed by atoms with van der Waals surface area (Å²) in [6.45, 7) is 5.26. The van der Waals surface area contributed by atoms with Crippen LogP contribution in [0.4, 0.5) is 0 Å². The molecule has 3 atom stereocenters. The van der Waals surface area contributed by atoms with Crippen molar-refractivity contribution in [2.45, 2.75) is 64.1 Å². The van der Waals surface area contributed by atoms with Crippen molar-refractivity contribution in [3.05, 3.63) is 0 Å². The Morgan fingerprint density at radius 2 is 2.04 bits per heavy atom. The number of rotatable bonds is 4. The van der Waals surface area contributed by atoms with Crippen LogP contribution in [-0.2, 0) is 9.53 Å². The number of aliphatic imine (C=N–C) groups is 1. The van der Waals surface area contributed by atoms with Gasteiger partial charge in [-0.1, -0.05) is 12.8 Å². The third-order valence-electron chi connectivity index (χ3n) is 5.87. The summed E-state index contributed by atoms with van der Waals surface area (Å²) in [5.41, 5.74) is 0.284. The highest BCUT2D eigenvalue weighted by Crippen LogP contribution is 2.60. The molecule has 1 aliphatic heterocycles. The maximum atomic E-state index is 11.9. The van der Waals surface area contributed by atoms with Gasteiger partial charge in [0.25, 0.3) is 0 Å². The van der Waals surface area contributed by atoms with E-state index in [1.807, 2.05) is 0 Å². The van der Waals surface area contributed by atoms with Gasteiger partial charge in [-0.05, 0) is 33.1 Å². The maximum Gasteiger partial charge on any atom is 0.243 e. The van der Waals surface area contributed by atoms with E-state index in [9.17, 15) is 4.79 Å². The minimum Gasteiger partial charge on any atom is -0.377 e. The molecule has 1 amide bonds. The molecule has 0 aromatic carbocycles. The zero-order valence-electron chi connectivity index (χ0n) is 15.5. The molecular weight excluding hydrogens is 304 g/mol. The van der Waals surface area contributed by atoms with Crippen molar-refractivity contribution in [1.82, 2.24) is 15.5 Å². The van der Waals surface area contributed by atoms with Crippen LogP contribution in [0.15, 0.2) is 4.99 Å². The van der Waals surface area contributed by atoms with Crippen LogP contribution in [-0.4, -0.2) is 62.2 Å². The number of guanidine groups is 1. The minimum absolute atomic E-state index is 0.0196. The zero-order valence-corrected chi connectivity index (χ0v) is 15.5. The number of nitrogens with one attached hydrogen (secondary N) is 2. The molecule has 6 nitrogen and oxygen atoms in total. The highest BCUT2D eigenvalue weighted by atomic mass is 16.5. The fourth-order valence-electron chi connectivity index (χ4n) is 4.75. The van der Waals surface area contributed by atoms with E-state index < -0.39 is 0 Å². The number of hydrogen-bond acceptors (Lipinski definition) is 3. The Labute approximate surface area is 145 Å². The molecule has 0 bridgehead atoms. The van der Waals surface area contributed by atoms with Crippen molar-refractivity contribution in [3.63, 3.8) is 0 Å². The van der Waals surface area contributed by atoms with Crippen LogP contribution in [0.1, 0.15) is 46.0 Å². The first-order valence-corrected chi connectivity index (χ1v) is 9.33. The average molecular weight is 336 g/mol. The minimum atomic E-state index is 0.0196. The van der Waals surface area contributed by atoms with Gasteiger partial charge >= 0.3 is 0 Å². The number of ether oxygens (including phenoxy) is 1. The van der Waals surface area contributed by atoms with Gasteiger partial charge in [-0.2, -0.15) is 0 Å². The highest BCUT2D eigenvalue weighted by molar-refractivity contribution is 5.85. The number of nitrogens with zero attached hydrogens (tertiary/aromatic N) is 2. The van der Waals surface area contributed by atoms with Crippen LogP contribution >= 0.6 is 0 Å². The molecule has 6 heteroatoms. The average Bonchev–Trinajstić information content (AvgIpc) is 3.16. The van der Waals surface area contributed by atoms with Crippen LogP contribution in [0.3, 0.4) is 0 Å². The Bertz CT molecular complexity index is 497. The van der Waals surface area contributed by atoms with Gasteiger partial charge < -0.3 is 20.3 Å². The molecule has 2 N–H and O–H groups in total. The summed E-state index contributed by atoms with van der Waals surface area (Å²) in [6.07, 6.45) is 6.66. The molecule has 3 unspecified atom stereocenters. The van der Waals surface area contributed by atoms with Gasteiger partial charge in [-0.15, -0.1) is 0 Å². The van der Waals surface area contributed by atoms with E-state index in [2.05, 4.69) is 29.5 Å². The summed E-state index contributed by atoms with van der Waals surface area (Å²) in [6, 6.07) is 0.702. The Morgan fingerprint density at radius 3 is 2.67 bits per heavy atom. The molecular formula is C18H32N4O2. The van der Waals surface area contributed by atoms with Crippen molar-refractivity contribution in [2.24, 2.45) is 16.3 Å². The monoisotopic (exact) mass is 336 g/mol. The summed E-state index contributed by atoms with van der Waals surface area (Å²) in [5.74, 6) is 1.37. The molecule has 0 aromatic heterocycles. The van der Waals surface area contributed by atoms with Crippen LogP contribution < -0.4 is 10.6 Å². The number of fused-ring (bicyclic) bond motifs is 2. The molecule has 24 heavy (non-hydrogen) atoms. The standard InChI is InChI=1S/C18H32N4O2/c1-12(2)20-17(19-11-14(23)22(3)4)21-15-13-7-10-24-16(13)18(15)8-5-6-9-18/h12-13,15-16H,5-11H2,1-4H3,(H2,19,20,21). The van der Waals surface area contributed by atoms with Gasteiger partial charge in [0.2, 0.25) is 5.91 Å². The van der Waals surface area contributed by atoms with E-state index >= 15 is 0 Å². The normalized spacial score (nSPS) is 31.0. The molecule has 136 valence electrons. The molecule has 0 aromatic rings. The third-order valence-corrected chi connectivity index (χ3v) is 5.87. The Hall–Kier alpha value is -1.30. The number of amides is 1. The lowest BCUT2D eigenvalue weighted by Crippen LogP contribution is -2.69. The molecule has 3 rings (SSSR count). The van der Waals surface area contributed by atoms with E-state index in [-0.39, 0.29) is 23.9 Å². The van der Waals surface area contributed by atoms with E-state index in [1.54, 1.807) is 19.0 Å². The summed E-state index contributed by atoms with van der Waals surface area (Å²) >= 11 is 0. The molecule has 1 saturated heterocycles. The van der Waals surface area contributed by atoms with Crippen LogP contribution in [0, 0.1) is 11.3 Å². The summed E-state index contributed by atoms with van der Waals surface area (Å²) in [5, 5.41) is 7.06. The lowest BCUT2D eigenvalue weighted by Gasteiger charge is -2.57. The van der Waals surface area contributed by atoms with Crippen molar-refractivity contribution >= 4 is 11.9 Å². The highest BCUT2D eigenvalue weighted by Gasteiger charge is 2.65. The van der Waals surface area contributed by atoms with Gasteiger partial charge in [0.1, 0.15) is 6.54 Å². The molecule has 2 saturated carbocycles. The topological polar surface area (TPSA) is 66.0 Å². The zero-order chi connectivity index (χ0) is 17.3. The van der Waals surface area contributed by atoms with Gasteiger partial charge in [-0.3, -0.25) is 4.79 Å². The smallest absolute Gasteiger partial charge is 0.243 e. The molecule has 3 aliphatic rings. The third kappa shape index (κ3) is 3.13. The SMILES string of the molecule is CC(C)NC(=NCC(=O)N(C)C)NC1C2CCOC2C12CCCC2. The van der Waals surface area contributed by atoms with Crippen molar-refractivity contribution in [1.29, 1.82) is 0 Å². The second-order valence-corrected chi connectivity index (χ2v) is 8.06. The lowest BCUT2D eigenvalue weighted by atomic mass is 9.54. The molecule has 3 fully saturated rings. The molecule has 0 radical (unpaired) electrons.